The quantitative estimate of drug-likeness (QED) is 0.484. The van der Waals surface area contributed by atoms with Crippen molar-refractivity contribution in [3.63, 3.8) is 0 Å². The van der Waals surface area contributed by atoms with E-state index < -0.39 is 10.1 Å². The Morgan fingerprint density at radius 2 is 2.00 bits per heavy atom. The summed E-state index contributed by atoms with van der Waals surface area (Å²) in [5.41, 5.74) is 10.8. The van der Waals surface area contributed by atoms with E-state index in [0.29, 0.717) is 0 Å². The van der Waals surface area contributed by atoms with Crippen molar-refractivity contribution in [3.8, 4) is 5.75 Å². The van der Waals surface area contributed by atoms with Crippen molar-refractivity contribution in [2.24, 2.45) is 11.5 Å². The Hall–Kier alpha value is -1.15. The summed E-state index contributed by atoms with van der Waals surface area (Å²) in [7, 11) is -4.29. The fourth-order valence-electron chi connectivity index (χ4n) is 1.21. The van der Waals surface area contributed by atoms with Gasteiger partial charge in [0.05, 0.1) is 0 Å². The van der Waals surface area contributed by atoms with Crippen molar-refractivity contribution in [2.75, 3.05) is 6.73 Å². The topological polar surface area (TPSA) is 116 Å². The summed E-state index contributed by atoms with van der Waals surface area (Å²) in [6.45, 7) is -0.159. The summed E-state index contributed by atoms with van der Waals surface area (Å²) in [6, 6.07) is 4.22. The number of rotatable bonds is 4. The van der Waals surface area contributed by atoms with Gasteiger partial charge in [0.1, 0.15) is 17.4 Å². The highest BCUT2D eigenvalue weighted by Crippen LogP contribution is 2.25. The summed E-state index contributed by atoms with van der Waals surface area (Å²) < 4.78 is 35.9. The summed E-state index contributed by atoms with van der Waals surface area (Å²) in [6.07, 6.45) is 0. The molecule has 7 heteroatoms. The van der Waals surface area contributed by atoms with Crippen molar-refractivity contribution < 1.29 is 17.7 Å². The molecule has 6 nitrogen and oxygen atoms in total. The molecule has 0 saturated heterocycles. The average Bonchev–Trinajstić information content (AvgIpc) is 2.16. The fraction of sp³-hybridized carbons (Fsp3) is 0.250. The molecule has 0 spiro atoms. The molecule has 15 heavy (non-hydrogen) atoms. The molecule has 1 aromatic carbocycles. The molecule has 0 radical (unpaired) electrons. The molecule has 84 valence electrons. The van der Waals surface area contributed by atoms with E-state index in [2.05, 4.69) is 0 Å². The molecule has 0 aliphatic heterocycles. The molecule has 0 bridgehead atoms. The Balaban J connectivity index is 3.35. The Kier molecular flexibility index (Phi) is 3.64. The molecule has 0 unspecified atom stereocenters. The lowest BCUT2D eigenvalue weighted by atomic mass is 10.2. The highest BCUT2D eigenvalue weighted by Gasteiger charge is 2.17. The predicted molar refractivity (Wildman–Crippen MR) is 53.8 cm³/mol. The maximum atomic E-state index is 11.0. The third-order valence-corrected chi connectivity index (χ3v) is 2.75. The van der Waals surface area contributed by atoms with Gasteiger partial charge in [-0.15, -0.1) is 0 Å². The van der Waals surface area contributed by atoms with E-state index in [1.165, 1.54) is 18.2 Å². The van der Waals surface area contributed by atoms with Crippen LogP contribution in [0.3, 0.4) is 0 Å². The van der Waals surface area contributed by atoms with Gasteiger partial charge in [0.25, 0.3) is 10.1 Å². The normalized spacial score (nSPS) is 11.4. The molecule has 1 aromatic rings. The zero-order chi connectivity index (χ0) is 11.5. The van der Waals surface area contributed by atoms with E-state index in [-0.39, 0.29) is 29.5 Å². The fourth-order valence-corrected chi connectivity index (χ4v) is 1.96. The van der Waals surface area contributed by atoms with Crippen LogP contribution in [0, 0.1) is 0 Å². The van der Waals surface area contributed by atoms with E-state index in [9.17, 15) is 8.42 Å². The van der Waals surface area contributed by atoms with Crippen LogP contribution in [-0.2, 0) is 16.7 Å². The molecule has 0 atom stereocenters. The number of nitrogens with two attached hydrogens (primary N) is 2. The van der Waals surface area contributed by atoms with Crippen LogP contribution in [0.15, 0.2) is 23.1 Å². The molecule has 1 rings (SSSR count). The number of ether oxygens (including phenoxy) is 1. The van der Waals surface area contributed by atoms with Gasteiger partial charge in [-0.3, -0.25) is 10.3 Å². The van der Waals surface area contributed by atoms with Crippen LogP contribution in [0.4, 0.5) is 0 Å². The zero-order valence-corrected chi connectivity index (χ0v) is 8.70. The van der Waals surface area contributed by atoms with Gasteiger partial charge in [0.15, 0.2) is 0 Å². The third kappa shape index (κ3) is 2.66. The highest BCUT2D eigenvalue weighted by molar-refractivity contribution is 7.85. The lowest BCUT2D eigenvalue weighted by Crippen LogP contribution is -2.13. The second-order valence-corrected chi connectivity index (χ2v) is 4.11. The molecule has 0 aliphatic rings. The number of benzene rings is 1. The van der Waals surface area contributed by atoms with Gasteiger partial charge in [0, 0.05) is 12.1 Å². The zero-order valence-electron chi connectivity index (χ0n) is 7.88. The smallest absolute Gasteiger partial charge is 0.294 e. The minimum absolute atomic E-state index is 0.0642. The second-order valence-electron chi connectivity index (χ2n) is 2.72. The average molecular weight is 232 g/mol. The summed E-state index contributed by atoms with van der Waals surface area (Å²) in [4.78, 5) is -0.254. The van der Waals surface area contributed by atoms with E-state index >= 15 is 0 Å². The van der Waals surface area contributed by atoms with Crippen LogP contribution in [-0.4, -0.2) is 19.7 Å². The molecule has 0 heterocycles. The van der Waals surface area contributed by atoms with E-state index in [4.69, 9.17) is 20.8 Å². The maximum absolute atomic E-state index is 11.0. The third-order valence-electron chi connectivity index (χ3n) is 1.81. The van der Waals surface area contributed by atoms with Gasteiger partial charge in [-0.05, 0) is 12.1 Å². The molecule has 5 N–H and O–H groups in total. The summed E-state index contributed by atoms with van der Waals surface area (Å²) in [5.74, 6) is 0.259. The van der Waals surface area contributed by atoms with Gasteiger partial charge in [-0.1, -0.05) is 6.07 Å². The van der Waals surface area contributed by atoms with Crippen LogP contribution >= 0.6 is 0 Å². The Labute approximate surface area is 87.6 Å². The molecular formula is C8H12N2O4S. The van der Waals surface area contributed by atoms with E-state index in [0.717, 1.165) is 0 Å². The van der Waals surface area contributed by atoms with Crippen LogP contribution in [0.5, 0.6) is 5.75 Å². The summed E-state index contributed by atoms with van der Waals surface area (Å²) >= 11 is 0. The minimum atomic E-state index is -4.29. The molecule has 0 fully saturated rings. The van der Waals surface area contributed by atoms with Crippen molar-refractivity contribution >= 4 is 10.1 Å². The number of hydrogen-bond donors (Lipinski definition) is 3. The largest absolute Gasteiger partial charge is 0.478 e. The standard InChI is InChI=1S/C8H12N2O4S/c9-4-6-7(14-5-10)2-1-3-8(6)15(11,12)13/h1-3H,4-5,9-10H2,(H,11,12,13). The monoisotopic (exact) mass is 232 g/mol. The van der Waals surface area contributed by atoms with Crippen molar-refractivity contribution in [3.05, 3.63) is 23.8 Å². The Bertz CT molecular complexity index is 444. The predicted octanol–water partition coefficient (Wildman–Crippen LogP) is -0.313. The van der Waals surface area contributed by atoms with Gasteiger partial charge >= 0.3 is 0 Å². The van der Waals surface area contributed by atoms with Crippen LogP contribution < -0.4 is 16.2 Å². The SMILES string of the molecule is NCOc1cccc(S(=O)(=O)O)c1CN. The highest BCUT2D eigenvalue weighted by atomic mass is 32.2. The van der Waals surface area contributed by atoms with Crippen molar-refractivity contribution in [1.29, 1.82) is 0 Å². The van der Waals surface area contributed by atoms with Crippen LogP contribution in [0.25, 0.3) is 0 Å². The Morgan fingerprint density at radius 3 is 2.47 bits per heavy atom. The Morgan fingerprint density at radius 1 is 1.33 bits per heavy atom. The first-order valence-corrected chi connectivity index (χ1v) is 5.57. The molecular weight excluding hydrogens is 220 g/mol. The van der Waals surface area contributed by atoms with Gasteiger partial charge in [0.2, 0.25) is 0 Å². The van der Waals surface area contributed by atoms with E-state index in [1.54, 1.807) is 0 Å². The first-order valence-electron chi connectivity index (χ1n) is 4.13. The first-order chi connectivity index (χ1) is 7.00. The number of hydrogen-bond acceptors (Lipinski definition) is 5. The van der Waals surface area contributed by atoms with E-state index in [1.807, 2.05) is 0 Å². The first kappa shape index (κ1) is 11.9. The lowest BCUT2D eigenvalue weighted by Gasteiger charge is -2.11. The summed E-state index contributed by atoms with van der Waals surface area (Å²) in [5, 5.41) is 0. The van der Waals surface area contributed by atoms with Crippen LogP contribution in [0.2, 0.25) is 0 Å². The second kappa shape index (κ2) is 4.58. The van der Waals surface area contributed by atoms with Gasteiger partial charge < -0.3 is 10.5 Å². The molecule has 0 amide bonds. The van der Waals surface area contributed by atoms with Gasteiger partial charge in [-0.25, -0.2) is 0 Å². The van der Waals surface area contributed by atoms with Crippen molar-refractivity contribution in [2.45, 2.75) is 11.4 Å². The van der Waals surface area contributed by atoms with Crippen LogP contribution in [0.1, 0.15) is 5.56 Å². The molecule has 0 aliphatic carbocycles. The molecule has 0 saturated carbocycles. The minimum Gasteiger partial charge on any atom is -0.478 e. The lowest BCUT2D eigenvalue weighted by molar-refractivity contribution is 0.324. The maximum Gasteiger partial charge on any atom is 0.294 e. The molecule has 0 aromatic heterocycles. The van der Waals surface area contributed by atoms with Crippen molar-refractivity contribution in [1.82, 2.24) is 0 Å². The van der Waals surface area contributed by atoms with Gasteiger partial charge in [-0.2, -0.15) is 8.42 Å².